The van der Waals surface area contributed by atoms with Gasteiger partial charge in [-0.15, -0.1) is 12.3 Å². The number of benzene rings is 1. The molecule has 0 heterocycles. The molecule has 0 heteroatoms. The van der Waals surface area contributed by atoms with Crippen molar-refractivity contribution in [1.29, 1.82) is 0 Å². The van der Waals surface area contributed by atoms with Crippen molar-refractivity contribution in [3.05, 3.63) is 34.4 Å². The molecule has 0 amide bonds. The summed E-state index contributed by atoms with van der Waals surface area (Å²) in [6.45, 7) is 6.36. The van der Waals surface area contributed by atoms with E-state index < -0.39 is 0 Å². The number of terminal acetylenes is 1. The van der Waals surface area contributed by atoms with Crippen molar-refractivity contribution >= 4 is 0 Å². The Hall–Kier alpha value is -1.22. The molecule has 0 aliphatic heterocycles. The first kappa shape index (κ1) is 8.87. The van der Waals surface area contributed by atoms with Crippen molar-refractivity contribution in [2.75, 3.05) is 0 Å². The highest BCUT2D eigenvalue weighted by molar-refractivity contribution is 5.40. The third kappa shape index (κ3) is 1.51. The summed E-state index contributed by atoms with van der Waals surface area (Å²) in [6, 6.07) is 4.28. The minimum atomic E-state index is 0.749. The molecule has 1 aromatic carbocycles. The summed E-state index contributed by atoms with van der Waals surface area (Å²) in [7, 11) is 0. The minimum Gasteiger partial charge on any atom is -0.120 e. The second-order valence-corrected chi connectivity index (χ2v) is 3.18. The highest BCUT2D eigenvalue weighted by Gasteiger charge is 2.02. The third-order valence-corrected chi connectivity index (χ3v) is 2.38. The summed E-state index contributed by atoms with van der Waals surface area (Å²) in [5.74, 6) is 2.69. The summed E-state index contributed by atoms with van der Waals surface area (Å²) < 4.78 is 0. The van der Waals surface area contributed by atoms with Crippen molar-refractivity contribution in [3.8, 4) is 12.3 Å². The Morgan fingerprint density at radius 2 is 1.75 bits per heavy atom. The molecule has 0 atom stereocenters. The Balaban J connectivity index is 3.25. The van der Waals surface area contributed by atoms with Gasteiger partial charge in [-0.25, -0.2) is 0 Å². The fourth-order valence-corrected chi connectivity index (χ4v) is 1.38. The van der Waals surface area contributed by atoms with Gasteiger partial charge >= 0.3 is 0 Å². The largest absolute Gasteiger partial charge is 0.120 e. The molecule has 1 rings (SSSR count). The first-order valence-electron chi connectivity index (χ1n) is 4.16. The monoisotopic (exact) mass is 158 g/mol. The highest BCUT2D eigenvalue weighted by Crippen LogP contribution is 2.17. The average Bonchev–Trinajstić information content (AvgIpc) is 2.06. The molecular formula is C12H14. The van der Waals surface area contributed by atoms with Gasteiger partial charge in [0.1, 0.15) is 0 Å². The molecule has 12 heavy (non-hydrogen) atoms. The van der Waals surface area contributed by atoms with E-state index in [1.54, 1.807) is 0 Å². The highest BCUT2D eigenvalue weighted by atomic mass is 14.1. The normalized spacial score (nSPS) is 9.50. The fraction of sp³-hybridized carbons (Fsp3) is 0.333. The summed E-state index contributed by atoms with van der Waals surface area (Å²) in [5.41, 5.74) is 5.28. The average molecular weight is 158 g/mol. The maximum absolute atomic E-state index is 5.30. The molecule has 0 aliphatic rings. The smallest absolute Gasteiger partial charge is 0.0343 e. The third-order valence-electron chi connectivity index (χ3n) is 2.38. The Morgan fingerprint density at radius 3 is 2.33 bits per heavy atom. The molecule has 0 radical (unpaired) electrons. The van der Waals surface area contributed by atoms with E-state index in [0.717, 1.165) is 6.42 Å². The van der Waals surface area contributed by atoms with Gasteiger partial charge in [0, 0.05) is 6.42 Å². The van der Waals surface area contributed by atoms with Gasteiger partial charge in [0.15, 0.2) is 0 Å². The maximum Gasteiger partial charge on any atom is 0.0343 e. The molecule has 0 bridgehead atoms. The van der Waals surface area contributed by atoms with Crippen LogP contribution in [0, 0.1) is 33.1 Å². The van der Waals surface area contributed by atoms with Crippen molar-refractivity contribution in [3.63, 3.8) is 0 Å². The van der Waals surface area contributed by atoms with Crippen molar-refractivity contribution in [2.45, 2.75) is 27.2 Å². The van der Waals surface area contributed by atoms with E-state index >= 15 is 0 Å². The predicted molar refractivity (Wildman–Crippen MR) is 53.2 cm³/mol. The summed E-state index contributed by atoms with van der Waals surface area (Å²) in [6.07, 6.45) is 6.05. The molecule has 0 aliphatic carbocycles. The zero-order valence-electron chi connectivity index (χ0n) is 7.94. The Morgan fingerprint density at radius 1 is 1.17 bits per heavy atom. The molecule has 0 N–H and O–H groups in total. The molecule has 0 nitrogen and oxygen atoms in total. The van der Waals surface area contributed by atoms with E-state index in [4.69, 9.17) is 6.42 Å². The van der Waals surface area contributed by atoms with Gasteiger partial charge in [-0.05, 0) is 43.0 Å². The van der Waals surface area contributed by atoms with Crippen LogP contribution in [0.25, 0.3) is 0 Å². The lowest BCUT2D eigenvalue weighted by Crippen LogP contribution is -1.94. The van der Waals surface area contributed by atoms with Crippen molar-refractivity contribution in [2.24, 2.45) is 0 Å². The lowest BCUT2D eigenvalue weighted by molar-refractivity contribution is 1.16. The first-order valence-corrected chi connectivity index (χ1v) is 4.16. The zero-order valence-corrected chi connectivity index (χ0v) is 7.94. The predicted octanol–water partition coefficient (Wildman–Crippen LogP) is 2.79. The fourth-order valence-electron chi connectivity index (χ4n) is 1.38. The molecule has 0 unspecified atom stereocenters. The molecule has 62 valence electrons. The number of hydrogen-bond donors (Lipinski definition) is 0. The van der Waals surface area contributed by atoms with Crippen molar-refractivity contribution in [1.82, 2.24) is 0 Å². The van der Waals surface area contributed by atoms with Crippen LogP contribution >= 0.6 is 0 Å². The molecule has 0 saturated heterocycles. The van der Waals surface area contributed by atoms with E-state index in [-0.39, 0.29) is 0 Å². The lowest BCUT2D eigenvalue weighted by atomic mass is 9.96. The number of rotatable bonds is 1. The van der Waals surface area contributed by atoms with E-state index in [2.05, 4.69) is 38.8 Å². The number of aryl methyl sites for hydroxylation is 2. The van der Waals surface area contributed by atoms with Crippen molar-refractivity contribution < 1.29 is 0 Å². The van der Waals surface area contributed by atoms with E-state index in [9.17, 15) is 0 Å². The molecule has 0 saturated carbocycles. The van der Waals surface area contributed by atoms with E-state index in [1.807, 2.05) is 0 Å². The van der Waals surface area contributed by atoms with Crippen LogP contribution in [0.1, 0.15) is 22.3 Å². The Labute approximate surface area is 74.6 Å². The second-order valence-electron chi connectivity index (χ2n) is 3.18. The van der Waals surface area contributed by atoms with Crippen LogP contribution in [0.3, 0.4) is 0 Å². The summed E-state index contributed by atoms with van der Waals surface area (Å²) in [4.78, 5) is 0. The molecule has 1 aromatic rings. The van der Waals surface area contributed by atoms with E-state index in [0.29, 0.717) is 0 Å². The Kier molecular flexibility index (Phi) is 2.55. The van der Waals surface area contributed by atoms with Gasteiger partial charge in [-0.1, -0.05) is 12.1 Å². The summed E-state index contributed by atoms with van der Waals surface area (Å²) in [5, 5.41) is 0. The van der Waals surface area contributed by atoms with Crippen LogP contribution < -0.4 is 0 Å². The van der Waals surface area contributed by atoms with Gasteiger partial charge in [0.25, 0.3) is 0 Å². The minimum absolute atomic E-state index is 0.749. The van der Waals surface area contributed by atoms with Crippen LogP contribution in [0.4, 0.5) is 0 Å². The molecule has 0 aromatic heterocycles. The van der Waals surface area contributed by atoms with Gasteiger partial charge < -0.3 is 0 Å². The van der Waals surface area contributed by atoms with Crippen LogP contribution in [-0.4, -0.2) is 0 Å². The zero-order chi connectivity index (χ0) is 9.14. The molecular weight excluding hydrogens is 144 g/mol. The van der Waals surface area contributed by atoms with Crippen LogP contribution in [-0.2, 0) is 6.42 Å². The Bertz CT molecular complexity index is 327. The van der Waals surface area contributed by atoms with Gasteiger partial charge in [0.05, 0.1) is 0 Å². The van der Waals surface area contributed by atoms with Gasteiger partial charge in [0.2, 0.25) is 0 Å². The van der Waals surface area contributed by atoms with Crippen LogP contribution in [0.5, 0.6) is 0 Å². The standard InChI is InChI=1S/C12H14/c1-5-6-12-10(3)8-7-9(2)11(12)4/h1,7-8H,6H2,2-4H3. The van der Waals surface area contributed by atoms with E-state index in [1.165, 1.54) is 22.3 Å². The maximum atomic E-state index is 5.30. The molecule has 0 spiro atoms. The quantitative estimate of drug-likeness (QED) is 0.551. The SMILES string of the molecule is C#CCc1c(C)ccc(C)c1C. The number of hydrogen-bond acceptors (Lipinski definition) is 0. The summed E-state index contributed by atoms with van der Waals surface area (Å²) >= 11 is 0. The molecule has 0 fully saturated rings. The van der Waals surface area contributed by atoms with Gasteiger partial charge in [-0.3, -0.25) is 0 Å². The first-order chi connectivity index (χ1) is 5.66. The van der Waals surface area contributed by atoms with Crippen LogP contribution in [0.15, 0.2) is 12.1 Å². The lowest BCUT2D eigenvalue weighted by Gasteiger charge is -2.08. The topological polar surface area (TPSA) is 0 Å². The van der Waals surface area contributed by atoms with Crippen LogP contribution in [0.2, 0.25) is 0 Å². The second kappa shape index (κ2) is 3.45. The van der Waals surface area contributed by atoms with Gasteiger partial charge in [-0.2, -0.15) is 0 Å².